The third-order valence-electron chi connectivity index (χ3n) is 4.07. The summed E-state index contributed by atoms with van der Waals surface area (Å²) in [5.74, 6) is 0.887. The number of rotatable bonds is 7. The zero-order valence-electron chi connectivity index (χ0n) is 14.7. The lowest BCUT2D eigenvalue weighted by atomic mass is 10.0. The van der Waals surface area contributed by atoms with Crippen molar-refractivity contribution in [2.45, 2.75) is 31.2 Å². The summed E-state index contributed by atoms with van der Waals surface area (Å²) in [7, 11) is -1.45. The van der Waals surface area contributed by atoms with E-state index in [2.05, 4.69) is 25.2 Å². The summed E-state index contributed by atoms with van der Waals surface area (Å²) in [4.78, 5) is 0.358. The van der Waals surface area contributed by atoms with Crippen LogP contribution >= 0.6 is 0 Å². The van der Waals surface area contributed by atoms with E-state index in [-0.39, 0.29) is 6.04 Å². The molecule has 130 valence electrons. The molecule has 0 spiro atoms. The van der Waals surface area contributed by atoms with Gasteiger partial charge in [0.2, 0.25) is 0 Å². The van der Waals surface area contributed by atoms with Crippen LogP contribution in [-0.4, -0.2) is 28.3 Å². The maximum absolute atomic E-state index is 11.5. The standard InChI is InChI=1S/C19H25NO3S/c1-14-5-10-19(23-3)18(13-14)15(2)20-12-11-16-6-8-17(9-7-16)24(4,21)22/h5-10,13,15,20H,11-12H2,1-4H3. The van der Waals surface area contributed by atoms with Crippen LogP contribution in [0, 0.1) is 6.92 Å². The van der Waals surface area contributed by atoms with Crippen LogP contribution in [0.25, 0.3) is 0 Å². The normalized spacial score (nSPS) is 12.8. The van der Waals surface area contributed by atoms with Gasteiger partial charge in [-0.2, -0.15) is 0 Å². The minimum absolute atomic E-state index is 0.176. The van der Waals surface area contributed by atoms with Crippen molar-refractivity contribution >= 4 is 9.84 Å². The third kappa shape index (κ3) is 4.82. The molecule has 24 heavy (non-hydrogen) atoms. The Balaban J connectivity index is 1.95. The van der Waals surface area contributed by atoms with Crippen LogP contribution in [0.15, 0.2) is 47.4 Å². The lowest BCUT2D eigenvalue weighted by Gasteiger charge is -2.18. The fourth-order valence-electron chi connectivity index (χ4n) is 2.64. The van der Waals surface area contributed by atoms with Crippen molar-refractivity contribution in [1.29, 1.82) is 0 Å². The maximum atomic E-state index is 11.5. The minimum Gasteiger partial charge on any atom is -0.496 e. The molecule has 0 aromatic heterocycles. The highest BCUT2D eigenvalue weighted by Gasteiger charge is 2.11. The highest BCUT2D eigenvalue weighted by Crippen LogP contribution is 2.26. The molecule has 0 aliphatic carbocycles. The summed E-state index contributed by atoms with van der Waals surface area (Å²) in [5.41, 5.74) is 3.46. The molecule has 0 fully saturated rings. The monoisotopic (exact) mass is 347 g/mol. The molecule has 2 aromatic rings. The molecule has 2 rings (SSSR count). The Kier molecular flexibility index (Phi) is 6.02. The molecular formula is C19H25NO3S. The van der Waals surface area contributed by atoms with Gasteiger partial charge >= 0.3 is 0 Å². The third-order valence-corrected chi connectivity index (χ3v) is 5.20. The van der Waals surface area contributed by atoms with Crippen molar-refractivity contribution in [2.24, 2.45) is 0 Å². The molecule has 5 heteroatoms. The van der Waals surface area contributed by atoms with Gasteiger partial charge in [0.15, 0.2) is 9.84 Å². The lowest BCUT2D eigenvalue weighted by molar-refractivity contribution is 0.401. The fourth-order valence-corrected chi connectivity index (χ4v) is 3.27. The van der Waals surface area contributed by atoms with E-state index in [0.717, 1.165) is 29.8 Å². The largest absolute Gasteiger partial charge is 0.496 e. The van der Waals surface area contributed by atoms with Crippen molar-refractivity contribution in [2.75, 3.05) is 19.9 Å². The average Bonchev–Trinajstić information content (AvgIpc) is 2.54. The van der Waals surface area contributed by atoms with Gasteiger partial charge in [-0.1, -0.05) is 29.8 Å². The number of nitrogens with one attached hydrogen (secondary N) is 1. The first kappa shape index (κ1) is 18.5. The summed E-state index contributed by atoms with van der Waals surface area (Å²) < 4.78 is 28.4. The second kappa shape index (κ2) is 7.81. The van der Waals surface area contributed by atoms with E-state index in [1.807, 2.05) is 24.3 Å². The SMILES string of the molecule is COc1ccc(C)cc1C(C)NCCc1ccc(S(C)(=O)=O)cc1. The Hall–Kier alpha value is -1.85. The number of methoxy groups -OCH3 is 1. The smallest absolute Gasteiger partial charge is 0.175 e. The van der Waals surface area contributed by atoms with Crippen LogP contribution in [0.4, 0.5) is 0 Å². The fraction of sp³-hybridized carbons (Fsp3) is 0.368. The van der Waals surface area contributed by atoms with Crippen LogP contribution in [0.3, 0.4) is 0 Å². The Morgan fingerprint density at radius 2 is 1.79 bits per heavy atom. The van der Waals surface area contributed by atoms with E-state index < -0.39 is 9.84 Å². The second-order valence-corrected chi connectivity index (χ2v) is 8.10. The first-order chi connectivity index (χ1) is 11.3. The quantitative estimate of drug-likeness (QED) is 0.835. The van der Waals surface area contributed by atoms with Gasteiger partial charge in [0.25, 0.3) is 0 Å². The zero-order valence-corrected chi connectivity index (χ0v) is 15.5. The molecule has 1 N–H and O–H groups in total. The second-order valence-electron chi connectivity index (χ2n) is 6.09. The van der Waals surface area contributed by atoms with Gasteiger partial charge in [0.1, 0.15) is 5.75 Å². The first-order valence-electron chi connectivity index (χ1n) is 7.98. The van der Waals surface area contributed by atoms with Gasteiger partial charge in [-0.15, -0.1) is 0 Å². The van der Waals surface area contributed by atoms with E-state index in [1.54, 1.807) is 19.2 Å². The van der Waals surface area contributed by atoms with Gasteiger partial charge in [-0.3, -0.25) is 0 Å². The average molecular weight is 347 g/mol. The molecule has 0 aliphatic heterocycles. The van der Waals surface area contributed by atoms with Crippen molar-refractivity contribution in [3.8, 4) is 5.75 Å². The summed E-state index contributed by atoms with van der Waals surface area (Å²) in [6, 6.07) is 13.4. The molecule has 1 unspecified atom stereocenters. The van der Waals surface area contributed by atoms with E-state index in [9.17, 15) is 8.42 Å². The molecule has 0 amide bonds. The molecule has 1 atom stereocenters. The lowest BCUT2D eigenvalue weighted by Crippen LogP contribution is -2.22. The Labute approximate surface area is 144 Å². The summed E-state index contributed by atoms with van der Waals surface area (Å²) >= 11 is 0. The molecule has 0 heterocycles. The van der Waals surface area contributed by atoms with Crippen LogP contribution in [-0.2, 0) is 16.3 Å². The number of benzene rings is 2. The molecule has 0 aliphatic rings. The van der Waals surface area contributed by atoms with Gasteiger partial charge in [-0.05, 0) is 50.6 Å². The Morgan fingerprint density at radius 1 is 1.12 bits per heavy atom. The summed E-state index contributed by atoms with van der Waals surface area (Å²) in [6.07, 6.45) is 2.06. The Morgan fingerprint density at radius 3 is 2.38 bits per heavy atom. The number of ether oxygens (including phenoxy) is 1. The molecule has 4 nitrogen and oxygen atoms in total. The van der Waals surface area contributed by atoms with Crippen molar-refractivity contribution in [1.82, 2.24) is 5.32 Å². The van der Waals surface area contributed by atoms with Crippen LogP contribution in [0.5, 0.6) is 5.75 Å². The van der Waals surface area contributed by atoms with Gasteiger partial charge in [-0.25, -0.2) is 8.42 Å². The van der Waals surface area contributed by atoms with E-state index in [1.165, 1.54) is 11.8 Å². The minimum atomic E-state index is -3.13. The number of hydrogen-bond donors (Lipinski definition) is 1. The molecule has 2 aromatic carbocycles. The van der Waals surface area contributed by atoms with Crippen molar-refractivity contribution in [3.05, 3.63) is 59.2 Å². The number of aryl methyl sites for hydroxylation is 1. The van der Waals surface area contributed by atoms with Crippen LogP contribution in [0.1, 0.15) is 29.7 Å². The number of hydrogen-bond acceptors (Lipinski definition) is 4. The first-order valence-corrected chi connectivity index (χ1v) is 9.87. The Bertz CT molecular complexity index is 783. The predicted octanol–water partition coefficient (Wildman–Crippen LogP) is 3.30. The van der Waals surface area contributed by atoms with Crippen LogP contribution in [0.2, 0.25) is 0 Å². The molecule has 0 saturated carbocycles. The molecular weight excluding hydrogens is 322 g/mol. The highest BCUT2D eigenvalue weighted by molar-refractivity contribution is 7.90. The van der Waals surface area contributed by atoms with E-state index in [4.69, 9.17) is 4.74 Å². The maximum Gasteiger partial charge on any atom is 0.175 e. The summed E-state index contributed by atoms with van der Waals surface area (Å²) in [5, 5.41) is 3.50. The number of sulfone groups is 1. The molecule has 0 radical (unpaired) electrons. The van der Waals surface area contributed by atoms with Gasteiger partial charge < -0.3 is 10.1 Å². The van der Waals surface area contributed by atoms with Gasteiger partial charge in [0.05, 0.1) is 12.0 Å². The predicted molar refractivity (Wildman–Crippen MR) is 97.4 cm³/mol. The highest BCUT2D eigenvalue weighted by atomic mass is 32.2. The van der Waals surface area contributed by atoms with Crippen molar-refractivity contribution in [3.63, 3.8) is 0 Å². The zero-order chi connectivity index (χ0) is 17.7. The molecule has 0 saturated heterocycles. The topological polar surface area (TPSA) is 55.4 Å². The van der Waals surface area contributed by atoms with Crippen LogP contribution < -0.4 is 10.1 Å². The summed E-state index contributed by atoms with van der Waals surface area (Å²) in [6.45, 7) is 4.99. The van der Waals surface area contributed by atoms with Crippen molar-refractivity contribution < 1.29 is 13.2 Å². The van der Waals surface area contributed by atoms with E-state index in [0.29, 0.717) is 4.90 Å². The molecule has 0 bridgehead atoms. The van der Waals surface area contributed by atoms with Gasteiger partial charge in [0, 0.05) is 17.9 Å². The van der Waals surface area contributed by atoms with E-state index >= 15 is 0 Å².